The molecule has 0 spiro atoms. The lowest BCUT2D eigenvalue weighted by Gasteiger charge is -2.22. The quantitative estimate of drug-likeness (QED) is 0.746. The van der Waals surface area contributed by atoms with Gasteiger partial charge in [0.1, 0.15) is 6.54 Å². The number of aryl methyl sites for hydroxylation is 2. The van der Waals surface area contributed by atoms with Gasteiger partial charge in [0.25, 0.3) is 5.91 Å². The van der Waals surface area contributed by atoms with Crippen LogP contribution in [-0.2, 0) is 9.53 Å². The van der Waals surface area contributed by atoms with Gasteiger partial charge in [-0.3, -0.25) is 9.59 Å². The highest BCUT2D eigenvalue weighted by molar-refractivity contribution is 7.15. The third-order valence-electron chi connectivity index (χ3n) is 3.63. The number of hydrogen-bond acceptors (Lipinski definition) is 5. The number of nitrogens with one attached hydrogen (secondary N) is 1. The van der Waals surface area contributed by atoms with Crippen LogP contribution in [0.15, 0.2) is 18.2 Å². The summed E-state index contributed by atoms with van der Waals surface area (Å²) in [5.74, 6) is -0.662. The summed E-state index contributed by atoms with van der Waals surface area (Å²) in [4.78, 5) is 31.8. The Morgan fingerprint density at radius 3 is 2.58 bits per heavy atom. The van der Waals surface area contributed by atoms with Gasteiger partial charge in [-0.15, -0.1) is 11.3 Å². The number of thiazole rings is 1. The van der Waals surface area contributed by atoms with E-state index < -0.39 is 0 Å². The summed E-state index contributed by atoms with van der Waals surface area (Å²) in [6, 6.07) is 4.60. The Balaban J connectivity index is 2.11. The molecule has 0 bridgehead atoms. The highest BCUT2D eigenvalue weighted by Gasteiger charge is 2.20. The van der Waals surface area contributed by atoms with Gasteiger partial charge in [-0.25, -0.2) is 4.98 Å². The molecule has 140 valence electrons. The maximum Gasteiger partial charge on any atom is 0.254 e. The smallest absolute Gasteiger partial charge is 0.254 e. The molecule has 1 heterocycles. The molecule has 0 unspecified atom stereocenters. The molecule has 9 heteroatoms. The topological polar surface area (TPSA) is 71.5 Å². The van der Waals surface area contributed by atoms with Crippen molar-refractivity contribution in [1.82, 2.24) is 9.88 Å². The predicted octanol–water partition coefficient (Wildman–Crippen LogP) is 3.79. The number of ether oxygens (including phenoxy) is 1. The summed E-state index contributed by atoms with van der Waals surface area (Å²) in [7, 11) is 1.53. The van der Waals surface area contributed by atoms with Crippen molar-refractivity contribution in [3.05, 3.63) is 44.4 Å². The number of rotatable bonds is 7. The Bertz CT molecular complexity index is 791. The molecule has 0 atom stereocenters. The predicted molar refractivity (Wildman–Crippen MR) is 104 cm³/mol. The summed E-state index contributed by atoms with van der Waals surface area (Å²) >= 11 is 13.3. The molecule has 1 aromatic carbocycles. The Hall–Kier alpha value is -1.67. The van der Waals surface area contributed by atoms with Gasteiger partial charge in [-0.1, -0.05) is 23.2 Å². The standard InChI is InChI=1S/C17H19Cl2N3O3S/c1-10-11(2)26-17(20-10)21-15(23)9-22(6-7-25-3)16(24)12-4-5-13(18)14(19)8-12/h4-5,8H,6-7,9H2,1-3H3,(H,20,21,23). The number of benzene rings is 1. The first-order chi connectivity index (χ1) is 12.3. The zero-order valence-electron chi connectivity index (χ0n) is 14.6. The minimum absolute atomic E-state index is 0.125. The summed E-state index contributed by atoms with van der Waals surface area (Å²) in [5.41, 5.74) is 1.22. The SMILES string of the molecule is COCCN(CC(=O)Nc1nc(C)c(C)s1)C(=O)c1ccc(Cl)c(Cl)c1. The molecule has 0 fully saturated rings. The Morgan fingerprint density at radius 1 is 1.27 bits per heavy atom. The second-order valence-corrected chi connectivity index (χ2v) is 7.57. The highest BCUT2D eigenvalue weighted by Crippen LogP contribution is 2.24. The molecule has 0 saturated carbocycles. The fraction of sp³-hybridized carbons (Fsp3) is 0.353. The number of anilines is 1. The van der Waals surface area contributed by atoms with Gasteiger partial charge in [0.05, 0.1) is 22.3 Å². The number of carbonyl (C=O) groups is 2. The first-order valence-electron chi connectivity index (χ1n) is 7.79. The molecule has 2 aromatic rings. The summed E-state index contributed by atoms with van der Waals surface area (Å²) in [6.45, 7) is 4.25. The van der Waals surface area contributed by atoms with E-state index in [4.69, 9.17) is 27.9 Å². The number of nitrogens with zero attached hydrogens (tertiary/aromatic N) is 2. The van der Waals surface area contributed by atoms with Gasteiger partial charge in [-0.05, 0) is 32.0 Å². The average molecular weight is 416 g/mol. The largest absolute Gasteiger partial charge is 0.383 e. The van der Waals surface area contributed by atoms with E-state index in [9.17, 15) is 9.59 Å². The van der Waals surface area contributed by atoms with Crippen LogP contribution in [0.4, 0.5) is 5.13 Å². The number of carbonyl (C=O) groups excluding carboxylic acids is 2. The zero-order valence-corrected chi connectivity index (χ0v) is 17.0. The molecule has 0 saturated heterocycles. The lowest BCUT2D eigenvalue weighted by atomic mass is 10.2. The van der Waals surface area contributed by atoms with Gasteiger partial charge in [0, 0.05) is 24.1 Å². The molecule has 6 nitrogen and oxygen atoms in total. The molecule has 2 rings (SSSR count). The maximum absolute atomic E-state index is 12.7. The van der Waals surface area contributed by atoms with E-state index in [0.717, 1.165) is 10.6 Å². The maximum atomic E-state index is 12.7. The monoisotopic (exact) mass is 415 g/mol. The Morgan fingerprint density at radius 2 is 2.00 bits per heavy atom. The number of amides is 2. The number of halogens is 2. The Kier molecular flexibility index (Phi) is 7.40. The van der Waals surface area contributed by atoms with Crippen molar-refractivity contribution in [1.29, 1.82) is 0 Å². The van der Waals surface area contributed by atoms with Crippen molar-refractivity contribution < 1.29 is 14.3 Å². The van der Waals surface area contributed by atoms with E-state index in [2.05, 4.69) is 10.3 Å². The lowest BCUT2D eigenvalue weighted by molar-refractivity contribution is -0.117. The normalized spacial score (nSPS) is 10.7. The summed E-state index contributed by atoms with van der Waals surface area (Å²) < 4.78 is 5.04. The molecule has 0 aliphatic carbocycles. The minimum Gasteiger partial charge on any atom is -0.383 e. The molecule has 1 aromatic heterocycles. The van der Waals surface area contributed by atoms with Gasteiger partial charge in [-0.2, -0.15) is 0 Å². The fourth-order valence-corrected chi connectivity index (χ4v) is 3.25. The van der Waals surface area contributed by atoms with Crippen LogP contribution in [0.5, 0.6) is 0 Å². The molecular weight excluding hydrogens is 397 g/mol. The van der Waals surface area contributed by atoms with Crippen molar-refractivity contribution in [3.63, 3.8) is 0 Å². The fourth-order valence-electron chi connectivity index (χ4n) is 2.12. The first kappa shape index (κ1) is 20.6. The number of methoxy groups -OCH3 is 1. The molecule has 0 aliphatic heterocycles. The molecule has 1 N–H and O–H groups in total. The Labute approximate surface area is 166 Å². The van der Waals surface area contributed by atoms with Gasteiger partial charge in [0.2, 0.25) is 5.91 Å². The number of hydrogen-bond donors (Lipinski definition) is 1. The minimum atomic E-state index is -0.331. The summed E-state index contributed by atoms with van der Waals surface area (Å²) in [6.07, 6.45) is 0. The number of aromatic nitrogens is 1. The molecule has 26 heavy (non-hydrogen) atoms. The van der Waals surface area contributed by atoms with Crippen LogP contribution in [0.1, 0.15) is 20.9 Å². The second-order valence-electron chi connectivity index (χ2n) is 5.56. The highest BCUT2D eigenvalue weighted by atomic mass is 35.5. The molecule has 2 amide bonds. The van der Waals surface area contributed by atoms with Crippen molar-refractivity contribution in [2.24, 2.45) is 0 Å². The van der Waals surface area contributed by atoms with Gasteiger partial charge < -0.3 is 15.0 Å². The third kappa shape index (κ3) is 5.41. The average Bonchev–Trinajstić information content (AvgIpc) is 2.90. The van der Waals surface area contributed by atoms with Crippen LogP contribution in [0.25, 0.3) is 0 Å². The van der Waals surface area contributed by atoms with Crippen LogP contribution < -0.4 is 5.32 Å². The van der Waals surface area contributed by atoms with Crippen LogP contribution in [0, 0.1) is 13.8 Å². The van der Waals surface area contributed by atoms with E-state index in [1.165, 1.54) is 29.4 Å². The third-order valence-corrected chi connectivity index (χ3v) is 5.36. The summed E-state index contributed by atoms with van der Waals surface area (Å²) in [5, 5.41) is 3.88. The van der Waals surface area contributed by atoms with E-state index in [0.29, 0.717) is 22.3 Å². The molecule has 0 radical (unpaired) electrons. The first-order valence-corrected chi connectivity index (χ1v) is 9.36. The van der Waals surface area contributed by atoms with E-state index >= 15 is 0 Å². The van der Waals surface area contributed by atoms with E-state index in [1.807, 2.05) is 13.8 Å². The second kappa shape index (κ2) is 9.32. The van der Waals surface area contributed by atoms with Gasteiger partial charge in [0.15, 0.2) is 5.13 Å². The van der Waals surface area contributed by atoms with Gasteiger partial charge >= 0.3 is 0 Å². The lowest BCUT2D eigenvalue weighted by Crippen LogP contribution is -2.40. The van der Waals surface area contributed by atoms with Crippen molar-refractivity contribution in [3.8, 4) is 0 Å². The van der Waals surface area contributed by atoms with E-state index in [-0.39, 0.29) is 29.9 Å². The zero-order chi connectivity index (χ0) is 19.3. The van der Waals surface area contributed by atoms with Crippen LogP contribution in [0.2, 0.25) is 10.0 Å². The molecule has 0 aliphatic rings. The van der Waals surface area contributed by atoms with E-state index in [1.54, 1.807) is 12.1 Å². The van der Waals surface area contributed by atoms with Crippen LogP contribution in [0.3, 0.4) is 0 Å². The van der Waals surface area contributed by atoms with Crippen molar-refractivity contribution in [2.45, 2.75) is 13.8 Å². The van der Waals surface area contributed by atoms with Crippen molar-refractivity contribution >= 4 is 51.5 Å². The van der Waals surface area contributed by atoms with Crippen molar-refractivity contribution in [2.75, 3.05) is 32.1 Å². The molecular formula is C17H19Cl2N3O3S. The van der Waals surface area contributed by atoms with Crippen LogP contribution >= 0.6 is 34.5 Å². The van der Waals surface area contributed by atoms with Crippen LogP contribution in [-0.4, -0.2) is 48.5 Å².